The van der Waals surface area contributed by atoms with Gasteiger partial charge in [0.05, 0.1) is 11.8 Å². The molecule has 0 spiro atoms. The molecule has 1 aromatic heterocycles. The number of hydrogen-bond acceptors (Lipinski definition) is 3. The van der Waals surface area contributed by atoms with Crippen LogP contribution in [0.25, 0.3) is 0 Å². The first-order valence-corrected chi connectivity index (χ1v) is 5.99. The number of benzene rings is 1. The van der Waals surface area contributed by atoms with Crippen molar-refractivity contribution in [3.05, 3.63) is 45.6 Å². The second kappa shape index (κ2) is 5.00. The Morgan fingerprint density at radius 2 is 2.17 bits per heavy atom. The number of halogens is 2. The number of nitrogens with two attached hydrogens (primary N) is 1. The molecule has 4 nitrogen and oxygen atoms in total. The molecule has 1 heterocycles. The van der Waals surface area contributed by atoms with Crippen molar-refractivity contribution in [3.8, 4) is 0 Å². The standard InChI is InChI=1S/C12H11Cl2N3O/c1-17-12(15)9(6-16-17)11(18)4-7-2-3-8(13)5-10(7)14/h2-3,5-6H,4,15H2,1H3. The highest BCUT2D eigenvalue weighted by Crippen LogP contribution is 2.23. The van der Waals surface area contributed by atoms with Gasteiger partial charge in [0.25, 0.3) is 0 Å². The van der Waals surface area contributed by atoms with Crippen molar-refractivity contribution >= 4 is 34.8 Å². The molecular weight excluding hydrogens is 273 g/mol. The molecule has 6 heteroatoms. The molecule has 2 aromatic rings. The number of Topliss-reactive ketones (excluding diaryl/α,β-unsaturated/α-hetero) is 1. The highest BCUT2D eigenvalue weighted by atomic mass is 35.5. The molecule has 0 saturated carbocycles. The average Bonchev–Trinajstić information content (AvgIpc) is 2.64. The van der Waals surface area contributed by atoms with Gasteiger partial charge in [-0.25, -0.2) is 0 Å². The highest BCUT2D eigenvalue weighted by molar-refractivity contribution is 6.35. The van der Waals surface area contributed by atoms with Gasteiger partial charge in [-0.1, -0.05) is 29.3 Å². The molecular formula is C12H11Cl2N3O. The molecule has 2 N–H and O–H groups in total. The molecule has 2 rings (SSSR count). The lowest BCUT2D eigenvalue weighted by Crippen LogP contribution is -2.07. The quantitative estimate of drug-likeness (QED) is 0.881. The van der Waals surface area contributed by atoms with Gasteiger partial charge in [0.2, 0.25) is 0 Å². The molecule has 0 radical (unpaired) electrons. The molecule has 0 fully saturated rings. The SMILES string of the molecule is Cn1ncc(C(=O)Cc2ccc(Cl)cc2Cl)c1N. The second-order valence-corrected chi connectivity index (χ2v) is 4.75. The van der Waals surface area contributed by atoms with Crippen LogP contribution in [0, 0.1) is 0 Å². The van der Waals surface area contributed by atoms with Gasteiger partial charge in [-0.2, -0.15) is 5.10 Å². The number of anilines is 1. The summed E-state index contributed by atoms with van der Waals surface area (Å²) in [5, 5.41) is 4.94. The summed E-state index contributed by atoms with van der Waals surface area (Å²) in [5.74, 6) is 0.231. The van der Waals surface area contributed by atoms with Crippen molar-refractivity contribution in [3.63, 3.8) is 0 Å². The molecule has 0 aliphatic rings. The maximum atomic E-state index is 12.1. The summed E-state index contributed by atoms with van der Waals surface area (Å²) >= 11 is 11.8. The van der Waals surface area contributed by atoms with Gasteiger partial charge >= 0.3 is 0 Å². The number of nitrogens with zero attached hydrogens (tertiary/aromatic N) is 2. The monoisotopic (exact) mass is 283 g/mol. The van der Waals surface area contributed by atoms with Crippen LogP contribution in [-0.4, -0.2) is 15.6 Å². The molecule has 0 aliphatic carbocycles. The predicted octanol–water partition coefficient (Wildman–Crippen LogP) is 2.73. The van der Waals surface area contributed by atoms with Crippen LogP contribution in [0.1, 0.15) is 15.9 Å². The van der Waals surface area contributed by atoms with Crippen molar-refractivity contribution in [1.29, 1.82) is 0 Å². The van der Waals surface area contributed by atoms with Crippen molar-refractivity contribution in [2.24, 2.45) is 7.05 Å². The zero-order valence-corrected chi connectivity index (χ0v) is 11.2. The number of carbonyl (C=O) groups is 1. The smallest absolute Gasteiger partial charge is 0.172 e. The van der Waals surface area contributed by atoms with Crippen LogP contribution in [-0.2, 0) is 13.5 Å². The topological polar surface area (TPSA) is 60.9 Å². The molecule has 0 atom stereocenters. The fraction of sp³-hybridized carbons (Fsp3) is 0.167. The Kier molecular flexibility index (Phi) is 3.59. The first kappa shape index (κ1) is 12.9. The molecule has 0 unspecified atom stereocenters. The second-order valence-electron chi connectivity index (χ2n) is 3.90. The summed E-state index contributed by atoms with van der Waals surface area (Å²) in [5.41, 5.74) is 6.87. The maximum Gasteiger partial charge on any atom is 0.172 e. The van der Waals surface area contributed by atoms with Crippen LogP contribution in [0.15, 0.2) is 24.4 Å². The molecule has 18 heavy (non-hydrogen) atoms. The van der Waals surface area contributed by atoms with Crippen molar-refractivity contribution in [2.75, 3.05) is 5.73 Å². The summed E-state index contributed by atoms with van der Waals surface area (Å²) in [7, 11) is 1.68. The van der Waals surface area contributed by atoms with E-state index in [9.17, 15) is 4.79 Å². The molecule has 1 aromatic carbocycles. The fourth-order valence-corrected chi connectivity index (χ4v) is 2.07. The van der Waals surface area contributed by atoms with E-state index in [0.717, 1.165) is 0 Å². The first-order chi connectivity index (χ1) is 8.49. The minimum atomic E-state index is -0.121. The fourth-order valence-electron chi connectivity index (χ4n) is 1.60. The number of aromatic nitrogens is 2. The van der Waals surface area contributed by atoms with Gasteiger partial charge in [-0.05, 0) is 17.7 Å². The summed E-state index contributed by atoms with van der Waals surface area (Å²) in [6, 6.07) is 5.04. The van der Waals surface area contributed by atoms with Gasteiger partial charge in [-0.15, -0.1) is 0 Å². The number of nitrogen functional groups attached to an aromatic ring is 1. The lowest BCUT2D eigenvalue weighted by molar-refractivity contribution is 0.0994. The lowest BCUT2D eigenvalue weighted by Gasteiger charge is -2.04. The van der Waals surface area contributed by atoms with Crippen molar-refractivity contribution in [1.82, 2.24) is 9.78 Å². The van der Waals surface area contributed by atoms with E-state index < -0.39 is 0 Å². The Balaban J connectivity index is 2.24. The van der Waals surface area contributed by atoms with Crippen LogP contribution in [0.5, 0.6) is 0 Å². The minimum absolute atomic E-state index is 0.121. The van der Waals surface area contributed by atoms with E-state index in [4.69, 9.17) is 28.9 Å². The largest absolute Gasteiger partial charge is 0.383 e. The summed E-state index contributed by atoms with van der Waals surface area (Å²) < 4.78 is 1.46. The van der Waals surface area contributed by atoms with E-state index in [-0.39, 0.29) is 12.2 Å². The van der Waals surface area contributed by atoms with Crippen LogP contribution >= 0.6 is 23.2 Å². The van der Waals surface area contributed by atoms with Crippen LogP contribution in [0.3, 0.4) is 0 Å². The average molecular weight is 284 g/mol. The molecule has 0 saturated heterocycles. The summed E-state index contributed by atoms with van der Waals surface area (Å²) in [6.07, 6.45) is 1.63. The van der Waals surface area contributed by atoms with Gasteiger partial charge in [0.1, 0.15) is 5.82 Å². The third kappa shape index (κ3) is 2.49. The van der Waals surface area contributed by atoms with Crippen LogP contribution in [0.4, 0.5) is 5.82 Å². The van der Waals surface area contributed by atoms with Gasteiger partial charge in [-0.3, -0.25) is 9.48 Å². The Hall–Kier alpha value is -1.52. The summed E-state index contributed by atoms with van der Waals surface area (Å²) in [6.45, 7) is 0. The van der Waals surface area contributed by atoms with Crippen LogP contribution < -0.4 is 5.73 Å². The third-order valence-electron chi connectivity index (χ3n) is 2.65. The number of hydrogen-bond donors (Lipinski definition) is 1. The number of rotatable bonds is 3. The van der Waals surface area contributed by atoms with Crippen molar-refractivity contribution < 1.29 is 4.79 Å². The molecule has 0 amide bonds. The normalized spacial score (nSPS) is 10.6. The zero-order chi connectivity index (χ0) is 13.3. The first-order valence-electron chi connectivity index (χ1n) is 5.23. The Labute approximate surface area is 114 Å². The van der Waals surface area contributed by atoms with Crippen LogP contribution in [0.2, 0.25) is 10.0 Å². The number of carbonyl (C=O) groups excluding carboxylic acids is 1. The molecule has 94 valence electrons. The number of ketones is 1. The van der Waals surface area contributed by atoms with Gasteiger partial charge in [0.15, 0.2) is 5.78 Å². The van der Waals surface area contributed by atoms with Gasteiger partial charge in [0, 0.05) is 23.5 Å². The van der Waals surface area contributed by atoms with E-state index in [2.05, 4.69) is 5.10 Å². The predicted molar refractivity (Wildman–Crippen MR) is 72.1 cm³/mol. The van der Waals surface area contributed by atoms with E-state index in [1.165, 1.54) is 10.9 Å². The minimum Gasteiger partial charge on any atom is -0.383 e. The van der Waals surface area contributed by atoms with E-state index in [1.54, 1.807) is 25.2 Å². The van der Waals surface area contributed by atoms with Crippen molar-refractivity contribution in [2.45, 2.75) is 6.42 Å². The third-order valence-corrected chi connectivity index (χ3v) is 3.24. The highest BCUT2D eigenvalue weighted by Gasteiger charge is 2.15. The number of aryl methyl sites for hydroxylation is 1. The Morgan fingerprint density at radius 3 is 2.72 bits per heavy atom. The Morgan fingerprint density at radius 1 is 1.44 bits per heavy atom. The maximum absolute atomic E-state index is 12.1. The van der Waals surface area contributed by atoms with E-state index in [1.807, 2.05) is 0 Å². The molecule has 0 bridgehead atoms. The zero-order valence-electron chi connectivity index (χ0n) is 9.65. The summed E-state index contributed by atoms with van der Waals surface area (Å²) in [4.78, 5) is 12.1. The molecule has 0 aliphatic heterocycles. The lowest BCUT2D eigenvalue weighted by atomic mass is 10.1. The van der Waals surface area contributed by atoms with Gasteiger partial charge < -0.3 is 5.73 Å². The Bertz CT molecular complexity index is 607. The van der Waals surface area contributed by atoms with E-state index >= 15 is 0 Å². The van der Waals surface area contributed by atoms with E-state index in [0.29, 0.717) is 27.0 Å².